The third kappa shape index (κ3) is 4.39. The van der Waals surface area contributed by atoms with E-state index in [0.29, 0.717) is 32.2 Å². The van der Waals surface area contributed by atoms with Crippen molar-refractivity contribution in [1.82, 2.24) is 9.80 Å². The van der Waals surface area contributed by atoms with E-state index in [2.05, 4.69) is 0 Å². The van der Waals surface area contributed by atoms with Crippen molar-refractivity contribution in [2.24, 2.45) is 5.92 Å². The number of nitrogens with zero attached hydrogens (tertiary/aromatic N) is 2. The zero-order chi connectivity index (χ0) is 18.5. The number of piperidine rings is 1. The van der Waals surface area contributed by atoms with Crippen LogP contribution in [0, 0.1) is 5.92 Å². The third-order valence-corrected chi connectivity index (χ3v) is 5.37. The number of methoxy groups -OCH3 is 1. The van der Waals surface area contributed by atoms with Gasteiger partial charge in [-0.25, -0.2) is 9.59 Å². The minimum atomic E-state index is -0.842. The zero-order valence-electron chi connectivity index (χ0n) is 15.1. The van der Waals surface area contributed by atoms with Gasteiger partial charge in [-0.1, -0.05) is 12.1 Å². The van der Waals surface area contributed by atoms with Crippen LogP contribution in [0.25, 0.3) is 0 Å². The third-order valence-electron chi connectivity index (χ3n) is 5.37. The molecular formula is C19H26N2O5. The molecule has 2 heterocycles. The van der Waals surface area contributed by atoms with E-state index in [4.69, 9.17) is 14.6 Å². The van der Waals surface area contributed by atoms with Gasteiger partial charge >= 0.3 is 12.2 Å². The maximum Gasteiger partial charge on any atom is 0.410 e. The number of hydrogen-bond acceptors (Lipinski definition) is 4. The number of likely N-dealkylation sites (tertiary alicyclic amines) is 1. The van der Waals surface area contributed by atoms with Gasteiger partial charge in [0.25, 0.3) is 0 Å². The number of ether oxygens (including phenoxy) is 2. The van der Waals surface area contributed by atoms with E-state index >= 15 is 0 Å². The summed E-state index contributed by atoms with van der Waals surface area (Å²) in [7, 11) is 1.64. The quantitative estimate of drug-likeness (QED) is 0.842. The Balaban J connectivity index is 1.50. The molecule has 1 aromatic carbocycles. The largest absolute Gasteiger partial charge is 0.497 e. The fraction of sp³-hybridized carbons (Fsp3) is 0.579. The highest BCUT2D eigenvalue weighted by Gasteiger charge is 2.33. The first-order valence-electron chi connectivity index (χ1n) is 9.11. The molecule has 2 aliphatic rings. The van der Waals surface area contributed by atoms with Crippen LogP contribution < -0.4 is 4.74 Å². The van der Waals surface area contributed by atoms with Crippen molar-refractivity contribution in [2.75, 3.05) is 33.4 Å². The number of carboxylic acid groups (broad SMARTS) is 1. The summed E-state index contributed by atoms with van der Waals surface area (Å²) < 4.78 is 10.4. The normalized spacial score (nSPS) is 21.0. The van der Waals surface area contributed by atoms with Gasteiger partial charge in [0.2, 0.25) is 0 Å². The summed E-state index contributed by atoms with van der Waals surface area (Å²) >= 11 is 0. The van der Waals surface area contributed by atoms with Gasteiger partial charge < -0.3 is 24.4 Å². The molecule has 0 aromatic heterocycles. The van der Waals surface area contributed by atoms with Crippen molar-refractivity contribution < 1.29 is 24.2 Å². The van der Waals surface area contributed by atoms with Crippen LogP contribution in [-0.4, -0.2) is 66.5 Å². The van der Waals surface area contributed by atoms with E-state index < -0.39 is 6.09 Å². The summed E-state index contributed by atoms with van der Waals surface area (Å²) in [6.07, 6.45) is 2.28. The summed E-state index contributed by atoms with van der Waals surface area (Å²) in [4.78, 5) is 26.4. The van der Waals surface area contributed by atoms with E-state index in [1.165, 1.54) is 4.90 Å². The van der Waals surface area contributed by atoms with Gasteiger partial charge in [-0.05, 0) is 49.3 Å². The van der Waals surface area contributed by atoms with E-state index in [-0.39, 0.29) is 12.1 Å². The average molecular weight is 362 g/mol. The van der Waals surface area contributed by atoms with E-state index in [9.17, 15) is 9.59 Å². The maximum absolute atomic E-state index is 12.1. The van der Waals surface area contributed by atoms with Crippen LogP contribution in [0.2, 0.25) is 0 Å². The second-order valence-electron chi connectivity index (χ2n) is 6.98. The highest BCUT2D eigenvalue weighted by Crippen LogP contribution is 2.24. The topological polar surface area (TPSA) is 79.3 Å². The average Bonchev–Trinajstić information content (AvgIpc) is 3.00. The van der Waals surface area contributed by atoms with E-state index in [0.717, 1.165) is 37.0 Å². The van der Waals surface area contributed by atoms with Crippen LogP contribution in [-0.2, 0) is 11.2 Å². The van der Waals surface area contributed by atoms with Crippen LogP contribution in [0.4, 0.5) is 9.59 Å². The number of hydrogen-bond donors (Lipinski definition) is 1. The molecule has 7 nitrogen and oxygen atoms in total. The molecule has 1 unspecified atom stereocenters. The van der Waals surface area contributed by atoms with Gasteiger partial charge in [0, 0.05) is 19.6 Å². The van der Waals surface area contributed by atoms with Crippen molar-refractivity contribution in [3.05, 3.63) is 29.8 Å². The number of carbonyl (C=O) groups excluding carboxylic acids is 1. The van der Waals surface area contributed by atoms with Gasteiger partial charge in [0.05, 0.1) is 13.2 Å². The predicted octanol–water partition coefficient (Wildman–Crippen LogP) is 2.84. The molecule has 0 radical (unpaired) electrons. The Bertz CT molecular complexity index is 625. The number of cyclic esters (lactones) is 1. The van der Waals surface area contributed by atoms with Crippen LogP contribution in [0.15, 0.2) is 24.3 Å². The Morgan fingerprint density at radius 2 is 1.96 bits per heavy atom. The first-order chi connectivity index (χ1) is 12.6. The van der Waals surface area contributed by atoms with Crippen molar-refractivity contribution >= 4 is 12.2 Å². The molecule has 1 aromatic rings. The lowest BCUT2D eigenvalue weighted by Crippen LogP contribution is -2.40. The molecule has 26 heavy (non-hydrogen) atoms. The van der Waals surface area contributed by atoms with Gasteiger partial charge in [0.15, 0.2) is 0 Å². The zero-order valence-corrected chi connectivity index (χ0v) is 15.1. The molecule has 2 saturated heterocycles. The molecule has 0 spiro atoms. The highest BCUT2D eigenvalue weighted by molar-refractivity contribution is 5.70. The first-order valence-corrected chi connectivity index (χ1v) is 9.11. The molecule has 0 aliphatic carbocycles. The van der Waals surface area contributed by atoms with Crippen LogP contribution in [0.1, 0.15) is 24.8 Å². The fourth-order valence-electron chi connectivity index (χ4n) is 3.70. The molecule has 3 rings (SSSR count). The van der Waals surface area contributed by atoms with Crippen LogP contribution in [0.5, 0.6) is 5.75 Å². The van der Waals surface area contributed by atoms with Gasteiger partial charge in [0.1, 0.15) is 12.4 Å². The van der Waals surface area contributed by atoms with Crippen molar-refractivity contribution in [3.63, 3.8) is 0 Å². The lowest BCUT2D eigenvalue weighted by molar-refractivity contribution is 0.120. The molecule has 1 N–H and O–H groups in total. The molecule has 142 valence electrons. The molecule has 7 heteroatoms. The van der Waals surface area contributed by atoms with Crippen molar-refractivity contribution in [3.8, 4) is 5.75 Å². The van der Waals surface area contributed by atoms with Crippen molar-refractivity contribution in [1.29, 1.82) is 0 Å². The number of amides is 2. The van der Waals surface area contributed by atoms with Crippen LogP contribution in [0.3, 0.4) is 0 Å². The lowest BCUT2D eigenvalue weighted by atomic mass is 9.93. The van der Waals surface area contributed by atoms with Crippen LogP contribution >= 0.6 is 0 Å². The van der Waals surface area contributed by atoms with E-state index in [1.54, 1.807) is 7.11 Å². The summed E-state index contributed by atoms with van der Waals surface area (Å²) in [6, 6.07) is 7.93. The molecule has 0 bridgehead atoms. The Hall–Kier alpha value is -2.44. The SMILES string of the molecule is COc1ccc(CC2COC(=O)N2CCC2CCN(C(=O)O)CC2)cc1. The summed E-state index contributed by atoms with van der Waals surface area (Å²) in [5, 5.41) is 9.02. The minimum absolute atomic E-state index is 0.0509. The fourth-order valence-corrected chi connectivity index (χ4v) is 3.70. The summed E-state index contributed by atoms with van der Waals surface area (Å²) in [5.74, 6) is 1.28. The Kier molecular flexibility index (Phi) is 5.85. The van der Waals surface area contributed by atoms with Gasteiger partial charge in [-0.3, -0.25) is 0 Å². The standard InChI is InChI=1S/C19H26N2O5/c1-25-17-4-2-15(3-5-17)12-16-13-26-19(24)21(16)11-8-14-6-9-20(10-7-14)18(22)23/h2-5,14,16H,6-13H2,1H3,(H,22,23). The number of carbonyl (C=O) groups is 2. The van der Waals surface area contributed by atoms with E-state index in [1.807, 2.05) is 29.2 Å². The first kappa shape index (κ1) is 18.4. The summed E-state index contributed by atoms with van der Waals surface area (Å²) in [6.45, 7) is 2.25. The molecule has 2 amide bonds. The maximum atomic E-state index is 12.1. The minimum Gasteiger partial charge on any atom is -0.497 e. The monoisotopic (exact) mass is 362 g/mol. The predicted molar refractivity (Wildman–Crippen MR) is 95.5 cm³/mol. The smallest absolute Gasteiger partial charge is 0.410 e. The van der Waals surface area contributed by atoms with Gasteiger partial charge in [-0.15, -0.1) is 0 Å². The second kappa shape index (κ2) is 8.29. The number of benzene rings is 1. The highest BCUT2D eigenvalue weighted by atomic mass is 16.6. The molecule has 2 aliphatic heterocycles. The van der Waals surface area contributed by atoms with Gasteiger partial charge in [-0.2, -0.15) is 0 Å². The molecule has 0 saturated carbocycles. The summed E-state index contributed by atoms with van der Waals surface area (Å²) in [5.41, 5.74) is 1.15. The molecular weight excluding hydrogens is 336 g/mol. The lowest BCUT2D eigenvalue weighted by Gasteiger charge is -2.31. The number of rotatable bonds is 6. The Labute approximate surface area is 153 Å². The Morgan fingerprint density at radius 3 is 2.58 bits per heavy atom. The second-order valence-corrected chi connectivity index (χ2v) is 6.98. The Morgan fingerprint density at radius 1 is 1.27 bits per heavy atom. The molecule has 2 fully saturated rings. The van der Waals surface area contributed by atoms with Crippen molar-refractivity contribution in [2.45, 2.75) is 31.7 Å². The molecule has 1 atom stereocenters.